The Hall–Kier alpha value is -1.63. The van der Waals surface area contributed by atoms with Gasteiger partial charge < -0.3 is 15.0 Å². The predicted octanol–water partition coefficient (Wildman–Crippen LogP) is -0.552. The van der Waals surface area contributed by atoms with E-state index in [9.17, 15) is 4.79 Å². The number of alkyl carbamates (subject to hydrolysis) is 1. The van der Waals surface area contributed by atoms with Gasteiger partial charge in [-0.1, -0.05) is 5.21 Å². The lowest BCUT2D eigenvalue weighted by Crippen LogP contribution is -2.20. The Labute approximate surface area is 93.4 Å². The predicted molar refractivity (Wildman–Crippen MR) is 55.7 cm³/mol. The Kier molecular flexibility index (Phi) is 3.04. The normalized spacial score (nSPS) is 19.9. The van der Waals surface area contributed by atoms with Crippen molar-refractivity contribution in [3.05, 3.63) is 11.9 Å². The van der Waals surface area contributed by atoms with Gasteiger partial charge in [-0.25, -0.2) is 9.48 Å². The van der Waals surface area contributed by atoms with Crippen molar-refractivity contribution in [3.63, 3.8) is 0 Å². The molecular formula is C9H15N5O2. The molecule has 1 amide bonds. The second-order valence-corrected chi connectivity index (χ2v) is 4.08. The second kappa shape index (κ2) is 4.48. The number of amides is 1. The molecule has 0 saturated carbocycles. The van der Waals surface area contributed by atoms with Gasteiger partial charge in [-0.3, -0.25) is 0 Å². The highest BCUT2D eigenvalue weighted by atomic mass is 16.6. The van der Waals surface area contributed by atoms with Crippen LogP contribution in [0.1, 0.15) is 5.69 Å². The zero-order chi connectivity index (χ0) is 11.5. The monoisotopic (exact) mass is 225 g/mol. The maximum atomic E-state index is 10.8. The highest BCUT2D eigenvalue weighted by molar-refractivity contribution is 5.69. The lowest BCUT2D eigenvalue weighted by molar-refractivity contribution is 0.128. The van der Waals surface area contributed by atoms with Crippen LogP contribution in [-0.4, -0.2) is 52.7 Å². The van der Waals surface area contributed by atoms with E-state index in [0.717, 1.165) is 12.2 Å². The van der Waals surface area contributed by atoms with Crippen LogP contribution in [0.3, 0.4) is 0 Å². The van der Waals surface area contributed by atoms with Gasteiger partial charge in [0.25, 0.3) is 0 Å². The summed E-state index contributed by atoms with van der Waals surface area (Å²) in [5, 5.41) is 10.6. The molecule has 1 N–H and O–H groups in total. The van der Waals surface area contributed by atoms with Gasteiger partial charge in [0.2, 0.25) is 0 Å². The van der Waals surface area contributed by atoms with Crippen LogP contribution in [-0.2, 0) is 17.8 Å². The molecule has 16 heavy (non-hydrogen) atoms. The van der Waals surface area contributed by atoms with Gasteiger partial charge in [-0.2, -0.15) is 0 Å². The summed E-state index contributed by atoms with van der Waals surface area (Å²) in [6, 6.07) is 0. The highest BCUT2D eigenvalue weighted by Gasteiger charge is 2.23. The topological polar surface area (TPSA) is 72.3 Å². The van der Waals surface area contributed by atoms with E-state index in [1.807, 2.05) is 25.2 Å². The Bertz CT molecular complexity index is 376. The van der Waals surface area contributed by atoms with Gasteiger partial charge in [0.05, 0.1) is 18.8 Å². The molecule has 1 aliphatic rings. The molecule has 0 aromatic carbocycles. The van der Waals surface area contributed by atoms with Crippen molar-refractivity contribution in [2.24, 2.45) is 0 Å². The average molecular weight is 225 g/mol. The first kappa shape index (κ1) is 10.9. The van der Waals surface area contributed by atoms with Crippen LogP contribution in [0.2, 0.25) is 0 Å². The zero-order valence-electron chi connectivity index (χ0n) is 9.38. The minimum absolute atomic E-state index is 0.151. The first-order chi connectivity index (χ1) is 7.63. The molecule has 1 saturated heterocycles. The van der Waals surface area contributed by atoms with Crippen LogP contribution in [0.5, 0.6) is 0 Å². The maximum absolute atomic E-state index is 10.8. The van der Waals surface area contributed by atoms with Crippen LogP contribution in [0.15, 0.2) is 6.20 Å². The van der Waals surface area contributed by atoms with E-state index in [1.54, 1.807) is 4.68 Å². The third-order valence-electron chi connectivity index (χ3n) is 2.20. The summed E-state index contributed by atoms with van der Waals surface area (Å²) < 4.78 is 6.70. The second-order valence-electron chi connectivity index (χ2n) is 4.08. The van der Waals surface area contributed by atoms with Gasteiger partial charge in [0, 0.05) is 12.7 Å². The lowest BCUT2D eigenvalue weighted by atomic mass is 10.3. The zero-order valence-corrected chi connectivity index (χ0v) is 9.38. The van der Waals surface area contributed by atoms with Crippen LogP contribution < -0.4 is 5.32 Å². The molecule has 1 aliphatic heterocycles. The number of carbonyl (C=O) groups is 1. The van der Waals surface area contributed by atoms with E-state index in [2.05, 4.69) is 15.6 Å². The van der Waals surface area contributed by atoms with E-state index in [0.29, 0.717) is 13.1 Å². The fourth-order valence-corrected chi connectivity index (χ4v) is 1.57. The molecule has 1 atom stereocenters. The van der Waals surface area contributed by atoms with Crippen molar-refractivity contribution in [2.75, 3.05) is 20.6 Å². The summed E-state index contributed by atoms with van der Waals surface area (Å²) >= 11 is 0. The Morgan fingerprint density at radius 1 is 1.69 bits per heavy atom. The Morgan fingerprint density at radius 3 is 3.12 bits per heavy atom. The van der Waals surface area contributed by atoms with Gasteiger partial charge in [0.1, 0.15) is 6.10 Å². The first-order valence-electron chi connectivity index (χ1n) is 5.11. The van der Waals surface area contributed by atoms with E-state index < -0.39 is 0 Å². The molecule has 0 aliphatic carbocycles. The number of aromatic nitrogens is 3. The number of ether oxygens (including phenoxy) is 1. The number of cyclic esters (lactones) is 1. The van der Waals surface area contributed by atoms with Gasteiger partial charge in [-0.15, -0.1) is 5.10 Å². The third-order valence-corrected chi connectivity index (χ3v) is 2.20. The van der Waals surface area contributed by atoms with E-state index >= 15 is 0 Å². The molecule has 7 heteroatoms. The molecule has 88 valence electrons. The Balaban J connectivity index is 1.90. The fourth-order valence-electron chi connectivity index (χ4n) is 1.57. The molecule has 7 nitrogen and oxygen atoms in total. The third kappa shape index (κ3) is 2.69. The first-order valence-corrected chi connectivity index (χ1v) is 5.11. The number of rotatable bonds is 4. The van der Waals surface area contributed by atoms with E-state index in [1.165, 1.54) is 0 Å². The molecule has 2 rings (SSSR count). The van der Waals surface area contributed by atoms with Crippen LogP contribution in [0.25, 0.3) is 0 Å². The summed E-state index contributed by atoms with van der Waals surface area (Å²) in [4.78, 5) is 12.8. The molecule has 0 radical (unpaired) electrons. The number of carbonyl (C=O) groups excluding carboxylic acids is 1. The quantitative estimate of drug-likeness (QED) is 0.744. The van der Waals surface area contributed by atoms with Crippen molar-refractivity contribution in [2.45, 2.75) is 19.2 Å². The molecular weight excluding hydrogens is 210 g/mol. The minimum Gasteiger partial charge on any atom is -0.442 e. The number of hydrogen-bond donors (Lipinski definition) is 1. The summed E-state index contributed by atoms with van der Waals surface area (Å²) in [6.45, 7) is 1.82. The van der Waals surface area contributed by atoms with Crippen LogP contribution in [0.4, 0.5) is 4.79 Å². The summed E-state index contributed by atoms with van der Waals surface area (Å²) in [7, 11) is 3.95. The van der Waals surface area contributed by atoms with Crippen LogP contribution >= 0.6 is 0 Å². The molecule has 1 aromatic rings. The number of nitrogens with one attached hydrogen (secondary N) is 1. The maximum Gasteiger partial charge on any atom is 0.407 e. The van der Waals surface area contributed by atoms with Crippen molar-refractivity contribution in [3.8, 4) is 0 Å². The number of hydrogen-bond acceptors (Lipinski definition) is 5. The number of nitrogens with zero attached hydrogens (tertiary/aromatic N) is 4. The average Bonchev–Trinajstić information content (AvgIpc) is 2.76. The SMILES string of the molecule is CN(C)Cc1cn(CC2CNC(=O)O2)nn1. The minimum atomic E-state index is -0.362. The molecule has 1 unspecified atom stereocenters. The smallest absolute Gasteiger partial charge is 0.407 e. The van der Waals surface area contributed by atoms with Gasteiger partial charge in [-0.05, 0) is 14.1 Å². The van der Waals surface area contributed by atoms with Crippen molar-refractivity contribution >= 4 is 6.09 Å². The van der Waals surface area contributed by atoms with Crippen molar-refractivity contribution < 1.29 is 9.53 Å². The summed E-state index contributed by atoms with van der Waals surface area (Å²) in [6.07, 6.45) is 1.35. The fraction of sp³-hybridized carbons (Fsp3) is 0.667. The standard InChI is InChI=1S/C9H15N5O2/c1-13(2)4-7-5-14(12-11-7)6-8-3-10-9(15)16-8/h5,8H,3-4,6H2,1-2H3,(H,10,15). The van der Waals surface area contributed by atoms with Crippen LogP contribution in [0, 0.1) is 0 Å². The van der Waals surface area contributed by atoms with Crippen molar-refractivity contribution in [1.82, 2.24) is 25.2 Å². The lowest BCUT2D eigenvalue weighted by Gasteiger charge is -2.06. The van der Waals surface area contributed by atoms with Gasteiger partial charge in [0.15, 0.2) is 0 Å². The van der Waals surface area contributed by atoms with E-state index in [-0.39, 0.29) is 12.2 Å². The van der Waals surface area contributed by atoms with Gasteiger partial charge >= 0.3 is 6.09 Å². The van der Waals surface area contributed by atoms with E-state index in [4.69, 9.17) is 4.74 Å². The molecule has 0 bridgehead atoms. The Morgan fingerprint density at radius 2 is 2.50 bits per heavy atom. The molecule has 0 spiro atoms. The molecule has 2 heterocycles. The molecule has 1 aromatic heterocycles. The largest absolute Gasteiger partial charge is 0.442 e. The highest BCUT2D eigenvalue weighted by Crippen LogP contribution is 2.04. The summed E-state index contributed by atoms with van der Waals surface area (Å²) in [5.74, 6) is 0. The molecule has 1 fully saturated rings. The van der Waals surface area contributed by atoms with Crippen molar-refractivity contribution in [1.29, 1.82) is 0 Å². The summed E-state index contributed by atoms with van der Waals surface area (Å²) in [5.41, 5.74) is 0.905.